The van der Waals surface area contributed by atoms with E-state index < -0.39 is 17.5 Å². The van der Waals surface area contributed by atoms with Crippen molar-refractivity contribution in [3.8, 4) is 0 Å². The highest BCUT2D eigenvalue weighted by molar-refractivity contribution is 7.45. The van der Waals surface area contributed by atoms with E-state index in [2.05, 4.69) is 6.08 Å². The first-order valence-electron chi connectivity index (χ1n) is 5.91. The average Bonchev–Trinajstić information content (AvgIpc) is 2.93. The van der Waals surface area contributed by atoms with Gasteiger partial charge in [-0.2, -0.15) is 0 Å². The molecule has 90 valence electrons. The fourth-order valence-corrected chi connectivity index (χ4v) is 3.83. The van der Waals surface area contributed by atoms with E-state index in [4.69, 9.17) is 15.2 Å². The summed E-state index contributed by atoms with van der Waals surface area (Å²) in [6.07, 6.45) is 6.75. The molecule has 2 aliphatic heterocycles. The van der Waals surface area contributed by atoms with Gasteiger partial charge in [0.05, 0.1) is 0 Å². The molecule has 16 heavy (non-hydrogen) atoms. The predicted octanol–water partition coefficient (Wildman–Crippen LogP) is 1.59. The van der Waals surface area contributed by atoms with Crippen molar-refractivity contribution in [2.75, 3.05) is 0 Å². The fourth-order valence-electron chi connectivity index (χ4n) is 2.49. The van der Waals surface area contributed by atoms with E-state index in [9.17, 15) is 5.11 Å². The molecule has 0 aromatic carbocycles. The van der Waals surface area contributed by atoms with Gasteiger partial charge in [-0.25, -0.2) is 0 Å². The molecule has 2 saturated heterocycles. The zero-order chi connectivity index (χ0) is 11.2. The summed E-state index contributed by atoms with van der Waals surface area (Å²) in [5.74, 6) is -0.602. The summed E-state index contributed by atoms with van der Waals surface area (Å²) in [4.78, 5) is 0. The second-order valence-corrected chi connectivity index (χ2v) is 6.66. The third-order valence-electron chi connectivity index (χ3n) is 3.39. The molecule has 1 spiro atoms. The Kier molecular flexibility index (Phi) is 2.61. The standard InChI is InChI=1S/C11H18NO3P/c12-11(16-8-3-4-8)7-6-10(15-11)5-1-2-9(13)14-10/h3,9,13,16H,1-2,4-7,12H2. The van der Waals surface area contributed by atoms with Gasteiger partial charge in [0, 0.05) is 12.8 Å². The van der Waals surface area contributed by atoms with Crippen molar-refractivity contribution < 1.29 is 14.6 Å². The van der Waals surface area contributed by atoms with E-state index in [1.54, 1.807) is 0 Å². The summed E-state index contributed by atoms with van der Waals surface area (Å²) in [7, 11) is 0.552. The van der Waals surface area contributed by atoms with Crippen molar-refractivity contribution in [2.24, 2.45) is 5.73 Å². The zero-order valence-electron chi connectivity index (χ0n) is 9.24. The molecule has 4 atom stereocenters. The molecular weight excluding hydrogens is 225 g/mol. The molecule has 3 rings (SSSR count). The van der Waals surface area contributed by atoms with Crippen molar-refractivity contribution in [1.82, 2.24) is 0 Å². The Bertz CT molecular complexity index is 335. The maximum Gasteiger partial charge on any atom is 0.174 e. The minimum atomic E-state index is -0.681. The molecule has 0 aromatic rings. The second kappa shape index (κ2) is 3.76. The number of aliphatic hydroxyl groups excluding tert-OH is 1. The molecule has 4 unspecified atom stereocenters. The Hall–Kier alpha value is 0.0100. The number of ether oxygens (including phenoxy) is 2. The molecule has 0 saturated carbocycles. The van der Waals surface area contributed by atoms with Crippen LogP contribution < -0.4 is 5.73 Å². The van der Waals surface area contributed by atoms with Crippen LogP contribution >= 0.6 is 8.58 Å². The molecule has 5 heteroatoms. The van der Waals surface area contributed by atoms with Gasteiger partial charge in [0.25, 0.3) is 0 Å². The van der Waals surface area contributed by atoms with E-state index in [-0.39, 0.29) is 0 Å². The summed E-state index contributed by atoms with van der Waals surface area (Å²) in [5, 5.41) is 11.0. The fraction of sp³-hybridized carbons (Fsp3) is 0.818. The topological polar surface area (TPSA) is 64.7 Å². The number of rotatable bonds is 2. The number of allylic oxidation sites excluding steroid dienone is 2. The lowest BCUT2D eigenvalue weighted by atomic mass is 10.0. The Labute approximate surface area is 97.0 Å². The van der Waals surface area contributed by atoms with Gasteiger partial charge in [-0.1, -0.05) is 6.08 Å². The first-order valence-corrected chi connectivity index (χ1v) is 6.91. The smallest absolute Gasteiger partial charge is 0.174 e. The van der Waals surface area contributed by atoms with Gasteiger partial charge in [0.2, 0.25) is 0 Å². The van der Waals surface area contributed by atoms with Crippen molar-refractivity contribution in [2.45, 2.75) is 56.1 Å². The van der Waals surface area contributed by atoms with Gasteiger partial charge in [-0.3, -0.25) is 5.73 Å². The van der Waals surface area contributed by atoms with Crippen LogP contribution in [0, 0.1) is 0 Å². The van der Waals surface area contributed by atoms with Crippen molar-refractivity contribution >= 4 is 8.58 Å². The zero-order valence-corrected chi connectivity index (χ0v) is 10.2. The summed E-state index contributed by atoms with van der Waals surface area (Å²) in [6.45, 7) is 0. The molecule has 2 heterocycles. The second-order valence-electron chi connectivity index (χ2n) is 4.93. The molecule has 1 aliphatic carbocycles. The summed E-state index contributed by atoms with van der Waals surface area (Å²) < 4.78 is 11.5. The lowest BCUT2D eigenvalue weighted by molar-refractivity contribution is -0.316. The lowest BCUT2D eigenvalue weighted by Crippen LogP contribution is -2.44. The molecule has 2 fully saturated rings. The van der Waals surface area contributed by atoms with E-state index in [1.165, 1.54) is 5.31 Å². The summed E-state index contributed by atoms with van der Waals surface area (Å²) in [6, 6.07) is 0. The van der Waals surface area contributed by atoms with Crippen molar-refractivity contribution in [3.63, 3.8) is 0 Å². The maximum atomic E-state index is 9.55. The van der Waals surface area contributed by atoms with Gasteiger partial charge in [-0.15, -0.1) is 0 Å². The number of nitrogens with two attached hydrogens (primary N) is 1. The molecule has 0 amide bonds. The quantitative estimate of drug-likeness (QED) is 0.723. The third kappa shape index (κ3) is 2.18. The highest BCUT2D eigenvalue weighted by Crippen LogP contribution is 2.54. The van der Waals surface area contributed by atoms with Crippen LogP contribution in [0.2, 0.25) is 0 Å². The maximum absolute atomic E-state index is 9.55. The average molecular weight is 243 g/mol. The first-order chi connectivity index (χ1) is 7.59. The summed E-state index contributed by atoms with van der Waals surface area (Å²) in [5.41, 5.74) is 5.70. The Balaban J connectivity index is 1.68. The third-order valence-corrected chi connectivity index (χ3v) is 4.89. The molecule has 0 bridgehead atoms. The Morgan fingerprint density at radius 1 is 1.44 bits per heavy atom. The van der Waals surface area contributed by atoms with Crippen LogP contribution in [0.4, 0.5) is 0 Å². The molecule has 3 N–H and O–H groups in total. The first kappa shape index (κ1) is 11.1. The SMILES string of the molecule is NC1(PC2=CC2)CCC2(CCCC(O)O2)O1. The molecule has 3 aliphatic rings. The van der Waals surface area contributed by atoms with Crippen LogP contribution in [0.5, 0.6) is 0 Å². The monoisotopic (exact) mass is 243 g/mol. The number of aliphatic hydroxyl groups is 1. The van der Waals surface area contributed by atoms with Crippen molar-refractivity contribution in [1.29, 1.82) is 0 Å². The lowest BCUT2D eigenvalue weighted by Gasteiger charge is -2.37. The molecule has 0 aromatic heterocycles. The normalized spacial score (nSPS) is 47.9. The van der Waals surface area contributed by atoms with E-state index in [1.807, 2.05) is 0 Å². The van der Waals surface area contributed by atoms with E-state index in [0.717, 1.165) is 32.1 Å². The van der Waals surface area contributed by atoms with Crippen molar-refractivity contribution in [3.05, 3.63) is 11.4 Å². The molecule has 0 radical (unpaired) electrons. The Morgan fingerprint density at radius 2 is 2.25 bits per heavy atom. The summed E-state index contributed by atoms with van der Waals surface area (Å²) >= 11 is 0. The largest absolute Gasteiger partial charge is 0.368 e. The Morgan fingerprint density at radius 3 is 2.94 bits per heavy atom. The number of hydrogen-bond donors (Lipinski definition) is 2. The van der Waals surface area contributed by atoms with E-state index in [0.29, 0.717) is 15.0 Å². The molecular formula is C11H18NO3P. The van der Waals surface area contributed by atoms with Gasteiger partial charge >= 0.3 is 0 Å². The van der Waals surface area contributed by atoms with Gasteiger partial charge in [-0.05, 0) is 39.6 Å². The van der Waals surface area contributed by atoms with Gasteiger partial charge in [0.1, 0.15) is 5.47 Å². The van der Waals surface area contributed by atoms with E-state index >= 15 is 0 Å². The van der Waals surface area contributed by atoms with Crippen LogP contribution in [0.15, 0.2) is 11.4 Å². The predicted molar refractivity (Wildman–Crippen MR) is 61.9 cm³/mol. The highest BCUT2D eigenvalue weighted by Gasteiger charge is 2.50. The van der Waals surface area contributed by atoms with Crippen LogP contribution in [-0.2, 0) is 9.47 Å². The van der Waals surface area contributed by atoms with Gasteiger partial charge in [0.15, 0.2) is 12.1 Å². The minimum Gasteiger partial charge on any atom is -0.368 e. The van der Waals surface area contributed by atoms with Crippen LogP contribution in [0.25, 0.3) is 0 Å². The van der Waals surface area contributed by atoms with Crippen LogP contribution in [0.1, 0.15) is 38.5 Å². The van der Waals surface area contributed by atoms with Crippen LogP contribution in [0.3, 0.4) is 0 Å². The minimum absolute atomic E-state index is 0.542. The van der Waals surface area contributed by atoms with Crippen LogP contribution in [-0.4, -0.2) is 22.6 Å². The molecule has 4 nitrogen and oxygen atoms in total. The van der Waals surface area contributed by atoms with Gasteiger partial charge < -0.3 is 14.6 Å². The highest BCUT2D eigenvalue weighted by atomic mass is 31.1. The number of hydrogen-bond acceptors (Lipinski definition) is 4.